The maximum absolute atomic E-state index is 13.2. The molecule has 1 aromatic carbocycles. The molecule has 1 aliphatic rings. The zero-order chi connectivity index (χ0) is 22.2. The quantitative estimate of drug-likeness (QED) is 0.413. The van der Waals surface area contributed by atoms with Crippen LogP contribution < -0.4 is 5.32 Å². The molecule has 1 aliphatic carbocycles. The van der Waals surface area contributed by atoms with Crippen LogP contribution in [0.15, 0.2) is 29.3 Å². The van der Waals surface area contributed by atoms with Gasteiger partial charge in [0.1, 0.15) is 16.1 Å². The van der Waals surface area contributed by atoms with E-state index in [1.807, 2.05) is 0 Å². The molecular formula is C21H17F3N4OS2. The molecule has 160 valence electrons. The largest absolute Gasteiger partial charge is 0.451 e. The Morgan fingerprint density at radius 3 is 2.87 bits per heavy atom. The second kappa shape index (κ2) is 8.48. The molecule has 2 aromatic heterocycles. The van der Waals surface area contributed by atoms with Crippen molar-refractivity contribution < 1.29 is 18.0 Å². The van der Waals surface area contributed by atoms with Crippen LogP contribution in [0.4, 0.5) is 18.2 Å². The topological polar surface area (TPSA) is 78.7 Å². The van der Waals surface area contributed by atoms with E-state index in [1.165, 1.54) is 17.4 Å². The van der Waals surface area contributed by atoms with Crippen molar-refractivity contribution in [2.45, 2.75) is 37.4 Å². The predicted octanol–water partition coefficient (Wildman–Crippen LogP) is 5.44. The van der Waals surface area contributed by atoms with Crippen molar-refractivity contribution in [1.29, 1.82) is 5.26 Å². The number of anilines is 1. The second-order valence-corrected chi connectivity index (χ2v) is 9.44. The number of nitrogens with zero attached hydrogens (tertiary/aromatic N) is 3. The summed E-state index contributed by atoms with van der Waals surface area (Å²) in [7, 11) is 0. The molecule has 0 bridgehead atoms. The molecule has 31 heavy (non-hydrogen) atoms. The second-order valence-electron chi connectivity index (χ2n) is 7.37. The fourth-order valence-corrected chi connectivity index (χ4v) is 5.73. The molecule has 0 unspecified atom stereocenters. The van der Waals surface area contributed by atoms with Crippen LogP contribution in [0.5, 0.6) is 0 Å². The van der Waals surface area contributed by atoms with Gasteiger partial charge in [-0.15, -0.1) is 11.3 Å². The third-order valence-electron chi connectivity index (χ3n) is 5.04. The van der Waals surface area contributed by atoms with Crippen LogP contribution in [0.25, 0.3) is 10.9 Å². The highest BCUT2D eigenvalue weighted by Crippen LogP contribution is 2.39. The monoisotopic (exact) mass is 462 g/mol. The van der Waals surface area contributed by atoms with Gasteiger partial charge in [-0.05, 0) is 36.8 Å². The van der Waals surface area contributed by atoms with Gasteiger partial charge in [-0.1, -0.05) is 36.9 Å². The van der Waals surface area contributed by atoms with E-state index in [0.29, 0.717) is 21.9 Å². The van der Waals surface area contributed by atoms with E-state index in [4.69, 9.17) is 0 Å². The van der Waals surface area contributed by atoms with Crippen molar-refractivity contribution in [2.24, 2.45) is 5.92 Å². The number of nitrogens with one attached hydrogen (secondary N) is 1. The lowest BCUT2D eigenvalue weighted by atomic mass is 9.89. The summed E-state index contributed by atoms with van der Waals surface area (Å²) in [6.45, 7) is 2.16. The molecule has 0 saturated carbocycles. The smallest absolute Gasteiger partial charge is 0.316 e. The van der Waals surface area contributed by atoms with Gasteiger partial charge < -0.3 is 5.32 Å². The van der Waals surface area contributed by atoms with Gasteiger partial charge in [0.25, 0.3) is 0 Å². The third kappa shape index (κ3) is 4.52. The molecule has 0 fully saturated rings. The van der Waals surface area contributed by atoms with E-state index in [0.717, 1.165) is 41.5 Å². The molecule has 0 radical (unpaired) electrons. The molecule has 0 spiro atoms. The first-order valence-electron chi connectivity index (χ1n) is 9.57. The summed E-state index contributed by atoms with van der Waals surface area (Å²) in [4.78, 5) is 20.9. The molecule has 5 nitrogen and oxygen atoms in total. The number of fused-ring (bicyclic) bond motifs is 2. The van der Waals surface area contributed by atoms with Gasteiger partial charge in [-0.2, -0.15) is 18.4 Å². The zero-order valence-corrected chi connectivity index (χ0v) is 18.0. The first-order chi connectivity index (χ1) is 14.8. The highest BCUT2D eigenvalue weighted by Gasteiger charge is 2.35. The maximum atomic E-state index is 13.2. The van der Waals surface area contributed by atoms with Gasteiger partial charge in [0, 0.05) is 10.3 Å². The number of rotatable bonds is 4. The number of halogens is 3. The average molecular weight is 463 g/mol. The Morgan fingerprint density at radius 1 is 1.35 bits per heavy atom. The van der Waals surface area contributed by atoms with Crippen molar-refractivity contribution in [1.82, 2.24) is 9.97 Å². The molecule has 2 heterocycles. The zero-order valence-electron chi connectivity index (χ0n) is 16.4. The maximum Gasteiger partial charge on any atom is 0.451 e. The molecule has 10 heteroatoms. The van der Waals surface area contributed by atoms with Gasteiger partial charge in [-0.25, -0.2) is 9.97 Å². The number of aromatic nitrogens is 2. The number of carbonyl (C=O) groups excluding carboxylic acids is 1. The van der Waals surface area contributed by atoms with Crippen LogP contribution in [0.1, 0.15) is 35.2 Å². The summed E-state index contributed by atoms with van der Waals surface area (Å²) in [5.74, 6) is -1.24. The molecular weight excluding hydrogens is 445 g/mol. The fourth-order valence-electron chi connectivity index (χ4n) is 3.54. The van der Waals surface area contributed by atoms with E-state index in [1.54, 1.807) is 18.2 Å². The average Bonchev–Trinajstić information content (AvgIpc) is 3.06. The van der Waals surface area contributed by atoms with Crippen LogP contribution in [0.3, 0.4) is 0 Å². The molecule has 4 rings (SSSR count). The van der Waals surface area contributed by atoms with E-state index in [2.05, 4.69) is 28.3 Å². The van der Waals surface area contributed by atoms with E-state index in [-0.39, 0.29) is 16.3 Å². The summed E-state index contributed by atoms with van der Waals surface area (Å²) in [6.07, 6.45) is -1.99. The Morgan fingerprint density at radius 2 is 2.13 bits per heavy atom. The number of alkyl halides is 3. The summed E-state index contributed by atoms with van der Waals surface area (Å²) in [5.41, 5.74) is 1.67. The predicted molar refractivity (Wildman–Crippen MR) is 114 cm³/mol. The Kier molecular flexibility index (Phi) is 5.90. The number of para-hydroxylation sites is 1. The first kappa shape index (κ1) is 21.6. The Bertz CT molecular complexity index is 1200. The minimum atomic E-state index is -4.68. The Labute approximate surface area is 184 Å². The van der Waals surface area contributed by atoms with Crippen molar-refractivity contribution >= 4 is 44.9 Å². The lowest BCUT2D eigenvalue weighted by Gasteiger charge is -2.17. The number of thiophene rings is 1. The molecule has 0 saturated heterocycles. The van der Waals surface area contributed by atoms with Crippen molar-refractivity contribution in [2.75, 3.05) is 11.1 Å². The van der Waals surface area contributed by atoms with Gasteiger partial charge >= 0.3 is 6.18 Å². The number of hydrogen-bond donors (Lipinski definition) is 1. The number of amides is 1. The molecule has 3 aromatic rings. The normalized spacial score (nSPS) is 16.0. The molecule has 1 N–H and O–H groups in total. The Balaban J connectivity index is 1.54. The van der Waals surface area contributed by atoms with Crippen molar-refractivity contribution in [3.8, 4) is 6.07 Å². The lowest BCUT2D eigenvalue weighted by Crippen LogP contribution is -2.15. The first-order valence-corrected chi connectivity index (χ1v) is 11.4. The van der Waals surface area contributed by atoms with Gasteiger partial charge in [-0.3, -0.25) is 4.79 Å². The highest BCUT2D eigenvalue weighted by molar-refractivity contribution is 8.00. The minimum Gasteiger partial charge on any atom is -0.316 e. The summed E-state index contributed by atoms with van der Waals surface area (Å²) in [5, 5.41) is 13.4. The van der Waals surface area contributed by atoms with Crippen molar-refractivity contribution in [3.05, 3.63) is 46.1 Å². The van der Waals surface area contributed by atoms with Gasteiger partial charge in [0.2, 0.25) is 11.7 Å². The fraction of sp³-hybridized carbons (Fsp3) is 0.333. The number of carbonyl (C=O) groups is 1. The van der Waals surface area contributed by atoms with E-state index < -0.39 is 17.9 Å². The van der Waals surface area contributed by atoms with Crippen LogP contribution in [-0.2, 0) is 23.8 Å². The third-order valence-corrected chi connectivity index (χ3v) is 7.20. The van der Waals surface area contributed by atoms with Crippen LogP contribution >= 0.6 is 23.1 Å². The van der Waals surface area contributed by atoms with Crippen LogP contribution in [-0.4, -0.2) is 21.6 Å². The molecule has 1 atom stereocenters. The Hall–Kier alpha value is -2.64. The number of benzene rings is 1. The lowest BCUT2D eigenvalue weighted by molar-refractivity contribution is -0.145. The number of nitriles is 1. The highest BCUT2D eigenvalue weighted by atomic mass is 32.2. The van der Waals surface area contributed by atoms with Gasteiger partial charge in [0.05, 0.1) is 16.8 Å². The minimum absolute atomic E-state index is 0.0906. The number of hydrogen-bond acceptors (Lipinski definition) is 6. The number of thioether (sulfide) groups is 1. The van der Waals surface area contributed by atoms with Crippen LogP contribution in [0, 0.1) is 17.2 Å². The molecule has 0 aliphatic heterocycles. The SMILES string of the molecule is C[C@H]1CCc2c(sc(NC(=O)CSc3nc(C(F)(F)F)nc4ccccc34)c2C#N)C1. The summed E-state index contributed by atoms with van der Waals surface area (Å²) < 4.78 is 39.5. The van der Waals surface area contributed by atoms with Crippen LogP contribution in [0.2, 0.25) is 0 Å². The van der Waals surface area contributed by atoms with E-state index >= 15 is 0 Å². The van der Waals surface area contributed by atoms with E-state index in [9.17, 15) is 23.2 Å². The standard InChI is InChI=1S/C21H17F3N4OS2/c1-11-6-7-12-14(9-25)19(31-16(12)8-11)27-17(29)10-30-18-13-4-2-3-5-15(13)26-20(28-18)21(22,23)24/h2-5,11H,6-8,10H2,1H3,(H,27,29)/t11-/m0/s1. The van der Waals surface area contributed by atoms with Gasteiger partial charge in [0.15, 0.2) is 0 Å². The summed E-state index contributed by atoms with van der Waals surface area (Å²) >= 11 is 2.33. The summed E-state index contributed by atoms with van der Waals surface area (Å²) in [6, 6.07) is 8.57. The van der Waals surface area contributed by atoms with Crippen molar-refractivity contribution in [3.63, 3.8) is 0 Å². The molecule has 1 amide bonds.